The molecule has 388 valence electrons. The third-order valence-corrected chi connectivity index (χ3v) is 11.5. The number of nitrogens with zero attached hydrogens (tertiary/aromatic N) is 2. The molecule has 0 aliphatic rings. The Morgan fingerprint density at radius 1 is 0.295 bits per heavy atom. The van der Waals surface area contributed by atoms with Gasteiger partial charge in [0.05, 0.1) is 23.3 Å². The molecule has 0 heterocycles. The standard InChI is InChI=1S/2C15H9ClN2O2.2C14H9Cl2NO2/c16-14(19)11-4-2-6-13(8-11)18-15(20)12-5-1-3-10(7-12)9-17;16-14(19)12-2-1-3-13(8-12)18-15(20)11-6-4-10(9-17)5-7-11;15-11-5-1-4-10(7-11)14(19)17-12-6-2-3-9(8-12)13(16)18;15-11-6-4-9(5-7-11)14(19)17-12-3-1-2-10(8-12)13(16)18/h2*1-8H,(H,18,20);2*1-8H,(H,17,19). The van der Waals surface area contributed by atoms with Crippen LogP contribution < -0.4 is 21.3 Å². The summed E-state index contributed by atoms with van der Waals surface area (Å²) < 4.78 is 0. The van der Waals surface area contributed by atoms with Gasteiger partial charge in [-0.05, 0) is 204 Å². The molecule has 14 nitrogen and oxygen atoms in total. The second kappa shape index (κ2) is 30.0. The van der Waals surface area contributed by atoms with Crippen molar-refractivity contribution >= 4 is 137 Å². The Labute approximate surface area is 476 Å². The molecule has 8 aromatic carbocycles. The Bertz CT molecular complexity index is 3640. The molecule has 0 saturated heterocycles. The minimum Gasteiger partial charge on any atom is -0.322 e. The highest BCUT2D eigenvalue weighted by atomic mass is 35.5. The van der Waals surface area contributed by atoms with E-state index < -0.39 is 21.0 Å². The first-order valence-corrected chi connectivity index (χ1v) is 24.6. The lowest BCUT2D eigenvalue weighted by Crippen LogP contribution is -2.12. The molecule has 0 fully saturated rings. The molecule has 0 aliphatic heterocycles. The van der Waals surface area contributed by atoms with Crippen LogP contribution in [-0.4, -0.2) is 44.6 Å². The van der Waals surface area contributed by atoms with Crippen molar-refractivity contribution in [1.82, 2.24) is 0 Å². The molecule has 0 saturated carbocycles. The fourth-order valence-electron chi connectivity index (χ4n) is 6.35. The number of benzene rings is 8. The summed E-state index contributed by atoms with van der Waals surface area (Å²) in [5, 5.41) is 26.9. The highest BCUT2D eigenvalue weighted by Crippen LogP contribution is 2.20. The topological polar surface area (TPSA) is 232 Å². The largest absolute Gasteiger partial charge is 0.322 e. The summed E-state index contributed by atoms with van der Waals surface area (Å²) in [6, 6.07) is 55.1. The summed E-state index contributed by atoms with van der Waals surface area (Å²) in [5.41, 5.74) is 5.80. The van der Waals surface area contributed by atoms with Crippen molar-refractivity contribution in [2.75, 3.05) is 21.3 Å². The van der Waals surface area contributed by atoms with Crippen molar-refractivity contribution in [1.29, 1.82) is 10.5 Å². The molecule has 20 heteroatoms. The van der Waals surface area contributed by atoms with Gasteiger partial charge in [-0.3, -0.25) is 38.4 Å². The molecule has 8 aromatic rings. The maximum Gasteiger partial charge on any atom is 0.255 e. The van der Waals surface area contributed by atoms with Crippen LogP contribution in [0.15, 0.2) is 194 Å². The van der Waals surface area contributed by atoms with Gasteiger partial charge >= 0.3 is 0 Å². The Morgan fingerprint density at radius 3 is 0.923 bits per heavy atom. The van der Waals surface area contributed by atoms with Gasteiger partial charge in [-0.25, -0.2) is 0 Å². The van der Waals surface area contributed by atoms with Crippen LogP contribution in [0.1, 0.15) is 94.0 Å². The van der Waals surface area contributed by atoms with Crippen LogP contribution in [0.5, 0.6) is 0 Å². The van der Waals surface area contributed by atoms with Gasteiger partial charge < -0.3 is 21.3 Å². The van der Waals surface area contributed by atoms with Gasteiger partial charge in [0.1, 0.15) is 0 Å². The van der Waals surface area contributed by atoms with Gasteiger partial charge in [-0.2, -0.15) is 10.5 Å². The number of amides is 4. The van der Waals surface area contributed by atoms with Crippen LogP contribution in [-0.2, 0) is 0 Å². The number of carbonyl (C=O) groups excluding carboxylic acids is 8. The Morgan fingerprint density at radius 2 is 0.590 bits per heavy atom. The molecule has 0 bridgehead atoms. The normalized spacial score (nSPS) is 9.79. The zero-order valence-electron chi connectivity index (χ0n) is 39.9. The molecule has 0 unspecified atom stereocenters. The van der Waals surface area contributed by atoms with Crippen LogP contribution >= 0.6 is 69.6 Å². The number of anilines is 4. The molecule has 78 heavy (non-hydrogen) atoms. The SMILES string of the molecule is N#Cc1ccc(C(=O)Nc2cccc(C(=O)Cl)c2)cc1.N#Cc1cccc(C(=O)Nc2cccc(C(=O)Cl)c2)c1.O=C(Cl)c1cccc(NC(=O)c2ccc(Cl)cc2)c1.O=C(Cl)c1cccc(NC(=O)c2cccc(Cl)c2)c1. The Hall–Kier alpha value is -8.96. The first-order valence-electron chi connectivity index (χ1n) is 22.3. The Balaban J connectivity index is 0.000000192. The van der Waals surface area contributed by atoms with Gasteiger partial charge in [0.2, 0.25) is 0 Å². The summed E-state index contributed by atoms with van der Waals surface area (Å²) >= 11 is 33.1. The average molecular weight is 1160 g/mol. The van der Waals surface area contributed by atoms with Crippen LogP contribution in [0.25, 0.3) is 0 Å². The molecule has 4 amide bonds. The minimum absolute atomic E-state index is 0.282. The van der Waals surface area contributed by atoms with E-state index in [2.05, 4.69) is 21.3 Å². The maximum atomic E-state index is 12.0. The van der Waals surface area contributed by atoms with Gasteiger partial charge in [0.15, 0.2) is 0 Å². The third-order valence-electron chi connectivity index (χ3n) is 10.1. The quantitative estimate of drug-likeness (QED) is 0.0845. The van der Waals surface area contributed by atoms with E-state index >= 15 is 0 Å². The zero-order chi connectivity index (χ0) is 56.7. The number of nitriles is 2. The number of halogens is 6. The van der Waals surface area contributed by atoms with E-state index in [0.29, 0.717) is 88.4 Å². The summed E-state index contributed by atoms with van der Waals surface area (Å²) in [5.74, 6) is -1.27. The smallest absolute Gasteiger partial charge is 0.255 e. The van der Waals surface area contributed by atoms with Crippen LogP contribution in [0.3, 0.4) is 0 Å². The monoisotopic (exact) mass is 1150 g/mol. The predicted octanol–water partition coefficient (Wildman–Crippen LogP) is 14.3. The molecule has 0 spiro atoms. The number of hydrogen-bond acceptors (Lipinski definition) is 10. The second-order valence-electron chi connectivity index (χ2n) is 15.6. The third kappa shape index (κ3) is 19.3. The average Bonchev–Trinajstić information content (AvgIpc) is 3.45. The van der Waals surface area contributed by atoms with E-state index in [9.17, 15) is 38.4 Å². The van der Waals surface area contributed by atoms with E-state index in [4.69, 9.17) is 80.1 Å². The van der Waals surface area contributed by atoms with E-state index in [1.165, 1.54) is 30.3 Å². The summed E-state index contributed by atoms with van der Waals surface area (Å²) in [6.45, 7) is 0. The molecule has 0 aliphatic carbocycles. The van der Waals surface area contributed by atoms with Crippen molar-refractivity contribution in [3.05, 3.63) is 260 Å². The number of nitrogens with one attached hydrogen (secondary N) is 4. The van der Waals surface area contributed by atoms with Crippen molar-refractivity contribution < 1.29 is 38.4 Å². The van der Waals surface area contributed by atoms with Gasteiger partial charge in [-0.1, -0.05) is 59.6 Å². The lowest BCUT2D eigenvalue weighted by atomic mass is 10.1. The zero-order valence-corrected chi connectivity index (χ0v) is 44.4. The van der Waals surface area contributed by atoms with Crippen molar-refractivity contribution in [2.45, 2.75) is 0 Å². The highest BCUT2D eigenvalue weighted by Gasteiger charge is 2.12. The van der Waals surface area contributed by atoms with Crippen LogP contribution in [0.2, 0.25) is 10.0 Å². The summed E-state index contributed by atoms with van der Waals surface area (Å²) in [4.78, 5) is 92.1. The van der Waals surface area contributed by atoms with E-state index in [0.717, 1.165) is 0 Å². The summed E-state index contributed by atoms with van der Waals surface area (Å²) in [7, 11) is 0. The number of hydrogen-bond donors (Lipinski definition) is 4. The van der Waals surface area contributed by atoms with E-state index in [-0.39, 0.29) is 23.6 Å². The van der Waals surface area contributed by atoms with Gasteiger partial charge in [0, 0.05) is 77.3 Å². The molecule has 0 radical (unpaired) electrons. The first kappa shape index (κ1) is 59.9. The minimum atomic E-state index is -0.590. The molecular formula is C58H36Cl6N6O8. The van der Waals surface area contributed by atoms with Crippen molar-refractivity contribution in [3.63, 3.8) is 0 Å². The van der Waals surface area contributed by atoms with E-state index in [1.807, 2.05) is 12.1 Å². The molecular weight excluding hydrogens is 1120 g/mol. The van der Waals surface area contributed by atoms with E-state index in [1.54, 1.807) is 164 Å². The first-order chi connectivity index (χ1) is 37.3. The van der Waals surface area contributed by atoms with Gasteiger partial charge in [0.25, 0.3) is 44.6 Å². The second-order valence-corrected chi connectivity index (χ2v) is 17.9. The van der Waals surface area contributed by atoms with Gasteiger partial charge in [-0.15, -0.1) is 0 Å². The highest BCUT2D eigenvalue weighted by molar-refractivity contribution is 6.68. The van der Waals surface area contributed by atoms with Crippen molar-refractivity contribution in [2.24, 2.45) is 0 Å². The Kier molecular flexibility index (Phi) is 23.0. The molecule has 0 atom stereocenters. The maximum absolute atomic E-state index is 12.0. The fourth-order valence-corrected chi connectivity index (χ4v) is 7.13. The number of rotatable bonds is 12. The molecule has 4 N–H and O–H groups in total. The molecule has 8 rings (SSSR count). The lowest BCUT2D eigenvalue weighted by molar-refractivity contribution is 0.101. The summed E-state index contributed by atoms with van der Waals surface area (Å²) in [6.07, 6.45) is 0. The number of carbonyl (C=O) groups is 8. The van der Waals surface area contributed by atoms with Crippen LogP contribution in [0.4, 0.5) is 22.7 Å². The predicted molar refractivity (Wildman–Crippen MR) is 304 cm³/mol. The molecule has 0 aromatic heterocycles. The fraction of sp³-hybridized carbons (Fsp3) is 0. The van der Waals surface area contributed by atoms with Crippen molar-refractivity contribution in [3.8, 4) is 12.1 Å². The van der Waals surface area contributed by atoms with Crippen LogP contribution in [0, 0.1) is 22.7 Å². The lowest BCUT2D eigenvalue weighted by Gasteiger charge is -2.06.